The van der Waals surface area contributed by atoms with Crippen molar-refractivity contribution in [3.05, 3.63) is 0 Å². The number of hydrogen-bond donors (Lipinski definition) is 2. The van der Waals surface area contributed by atoms with Crippen molar-refractivity contribution < 1.29 is 9.53 Å². The third-order valence-corrected chi connectivity index (χ3v) is 3.69. The fraction of sp³-hybridized carbons (Fsp3) is 0.923. The Hall–Kier alpha value is -0.610. The Balaban J connectivity index is 2.24. The van der Waals surface area contributed by atoms with E-state index in [0.29, 0.717) is 26.2 Å². The molecule has 1 aliphatic rings. The molecule has 4 heteroatoms. The molecule has 3 N–H and O–H groups in total. The van der Waals surface area contributed by atoms with Crippen LogP contribution in [0.25, 0.3) is 0 Å². The Bertz CT molecular complexity index is 225. The zero-order chi connectivity index (χ0) is 12.6. The van der Waals surface area contributed by atoms with Gasteiger partial charge in [0.25, 0.3) is 0 Å². The van der Waals surface area contributed by atoms with Gasteiger partial charge in [0.05, 0.1) is 6.61 Å². The molecule has 0 aliphatic heterocycles. The van der Waals surface area contributed by atoms with Crippen LogP contribution in [0, 0.1) is 5.41 Å². The molecule has 0 radical (unpaired) electrons. The second-order valence-corrected chi connectivity index (χ2v) is 4.99. The second-order valence-electron chi connectivity index (χ2n) is 4.99. The van der Waals surface area contributed by atoms with Crippen LogP contribution in [0.15, 0.2) is 0 Å². The summed E-state index contributed by atoms with van der Waals surface area (Å²) in [6.45, 7) is 4.52. The normalized spacial score (nSPS) is 18.9. The highest BCUT2D eigenvalue weighted by molar-refractivity contribution is 5.76. The first-order valence-corrected chi connectivity index (χ1v) is 6.77. The van der Waals surface area contributed by atoms with Gasteiger partial charge in [0.1, 0.15) is 0 Å². The highest BCUT2D eigenvalue weighted by atomic mass is 16.5. The number of hydrogen-bond acceptors (Lipinski definition) is 3. The summed E-state index contributed by atoms with van der Waals surface area (Å²) in [6, 6.07) is 0. The summed E-state index contributed by atoms with van der Waals surface area (Å²) in [6.07, 6.45) is 6.54. The Labute approximate surface area is 104 Å². The van der Waals surface area contributed by atoms with Gasteiger partial charge in [0.2, 0.25) is 5.91 Å². The van der Waals surface area contributed by atoms with Crippen molar-refractivity contribution in [1.82, 2.24) is 5.32 Å². The van der Waals surface area contributed by atoms with Crippen LogP contribution in [0.1, 0.15) is 45.4 Å². The zero-order valence-electron chi connectivity index (χ0n) is 11.0. The molecule has 17 heavy (non-hydrogen) atoms. The third kappa shape index (κ3) is 5.04. The van der Waals surface area contributed by atoms with Crippen molar-refractivity contribution in [2.24, 2.45) is 11.1 Å². The Kier molecular flexibility index (Phi) is 6.52. The number of nitrogens with two attached hydrogens (primary N) is 1. The van der Waals surface area contributed by atoms with Crippen LogP contribution in [0.4, 0.5) is 0 Å². The number of rotatable bonds is 7. The lowest BCUT2D eigenvalue weighted by molar-refractivity contribution is -0.122. The maximum absolute atomic E-state index is 11.6. The van der Waals surface area contributed by atoms with Crippen LogP contribution in [-0.2, 0) is 9.53 Å². The fourth-order valence-corrected chi connectivity index (χ4v) is 2.44. The van der Waals surface area contributed by atoms with Crippen molar-refractivity contribution >= 4 is 5.91 Å². The van der Waals surface area contributed by atoms with Crippen LogP contribution in [-0.4, -0.2) is 32.2 Å². The smallest absolute Gasteiger partial charge is 0.222 e. The van der Waals surface area contributed by atoms with Gasteiger partial charge in [-0.15, -0.1) is 0 Å². The molecule has 0 aromatic carbocycles. The molecular formula is C13H26N2O2. The van der Waals surface area contributed by atoms with E-state index in [4.69, 9.17) is 10.5 Å². The Morgan fingerprint density at radius 2 is 2.06 bits per heavy atom. The third-order valence-electron chi connectivity index (χ3n) is 3.69. The molecule has 0 unspecified atom stereocenters. The summed E-state index contributed by atoms with van der Waals surface area (Å²) in [5.74, 6) is 0.0804. The Morgan fingerprint density at radius 1 is 1.35 bits per heavy atom. The molecule has 0 aromatic heterocycles. The van der Waals surface area contributed by atoms with E-state index >= 15 is 0 Å². The predicted octanol–water partition coefficient (Wildman–Crippen LogP) is 1.44. The summed E-state index contributed by atoms with van der Waals surface area (Å²) in [4.78, 5) is 11.6. The van der Waals surface area contributed by atoms with E-state index in [9.17, 15) is 4.79 Å². The lowest BCUT2D eigenvalue weighted by atomic mass is 9.74. The van der Waals surface area contributed by atoms with Gasteiger partial charge < -0.3 is 15.8 Å². The van der Waals surface area contributed by atoms with Gasteiger partial charge in [0.15, 0.2) is 0 Å². The SMILES string of the molecule is CCOCCC(=O)NCC1(CN)CCCCC1. The largest absolute Gasteiger partial charge is 0.381 e. The summed E-state index contributed by atoms with van der Waals surface area (Å²) in [7, 11) is 0. The average Bonchev–Trinajstić information content (AvgIpc) is 2.38. The van der Waals surface area contributed by atoms with Crippen molar-refractivity contribution in [2.75, 3.05) is 26.3 Å². The lowest BCUT2D eigenvalue weighted by Crippen LogP contribution is -2.43. The number of carbonyl (C=O) groups excluding carboxylic acids is 1. The van der Waals surface area contributed by atoms with E-state index < -0.39 is 0 Å². The average molecular weight is 242 g/mol. The fourth-order valence-electron chi connectivity index (χ4n) is 2.44. The van der Waals surface area contributed by atoms with E-state index in [1.807, 2.05) is 6.92 Å². The molecule has 4 nitrogen and oxygen atoms in total. The van der Waals surface area contributed by atoms with Crippen LogP contribution in [0.5, 0.6) is 0 Å². The van der Waals surface area contributed by atoms with Gasteiger partial charge in [-0.2, -0.15) is 0 Å². The van der Waals surface area contributed by atoms with Crippen LogP contribution >= 0.6 is 0 Å². The van der Waals surface area contributed by atoms with Gasteiger partial charge in [-0.1, -0.05) is 19.3 Å². The van der Waals surface area contributed by atoms with Gasteiger partial charge >= 0.3 is 0 Å². The van der Waals surface area contributed by atoms with E-state index in [1.165, 1.54) is 19.3 Å². The van der Waals surface area contributed by atoms with Crippen molar-refractivity contribution in [2.45, 2.75) is 45.4 Å². The molecule has 1 aliphatic carbocycles. The van der Waals surface area contributed by atoms with Crippen molar-refractivity contribution in [1.29, 1.82) is 0 Å². The number of amides is 1. The molecule has 1 saturated carbocycles. The minimum atomic E-state index is 0.0804. The molecule has 0 heterocycles. The van der Waals surface area contributed by atoms with Gasteiger partial charge in [-0.25, -0.2) is 0 Å². The predicted molar refractivity (Wildman–Crippen MR) is 68.7 cm³/mol. The quantitative estimate of drug-likeness (QED) is 0.664. The standard InChI is InChI=1S/C13H26N2O2/c1-2-17-9-6-12(16)15-11-13(10-14)7-4-3-5-8-13/h2-11,14H2,1H3,(H,15,16). The summed E-state index contributed by atoms with van der Waals surface area (Å²) in [5.41, 5.74) is 6.02. The summed E-state index contributed by atoms with van der Waals surface area (Å²) < 4.78 is 5.16. The minimum absolute atomic E-state index is 0.0804. The van der Waals surface area contributed by atoms with Crippen LogP contribution < -0.4 is 11.1 Å². The first-order valence-electron chi connectivity index (χ1n) is 6.77. The number of nitrogens with one attached hydrogen (secondary N) is 1. The summed E-state index contributed by atoms with van der Waals surface area (Å²) >= 11 is 0. The molecule has 0 aromatic rings. The minimum Gasteiger partial charge on any atom is -0.381 e. The first kappa shape index (κ1) is 14.5. The van der Waals surface area contributed by atoms with E-state index in [2.05, 4.69) is 5.32 Å². The molecule has 1 amide bonds. The van der Waals surface area contributed by atoms with Gasteiger partial charge in [-0.3, -0.25) is 4.79 Å². The highest BCUT2D eigenvalue weighted by Gasteiger charge is 2.30. The zero-order valence-corrected chi connectivity index (χ0v) is 11.0. The Morgan fingerprint density at radius 3 is 2.65 bits per heavy atom. The van der Waals surface area contributed by atoms with Gasteiger partial charge in [-0.05, 0) is 31.7 Å². The van der Waals surface area contributed by atoms with Crippen molar-refractivity contribution in [3.63, 3.8) is 0 Å². The maximum Gasteiger partial charge on any atom is 0.222 e. The van der Waals surface area contributed by atoms with Crippen molar-refractivity contribution in [3.8, 4) is 0 Å². The monoisotopic (exact) mass is 242 g/mol. The molecule has 1 rings (SSSR count). The highest BCUT2D eigenvalue weighted by Crippen LogP contribution is 2.34. The molecule has 0 saturated heterocycles. The topological polar surface area (TPSA) is 64.3 Å². The van der Waals surface area contributed by atoms with Crippen LogP contribution in [0.2, 0.25) is 0 Å². The van der Waals surface area contributed by atoms with Crippen LogP contribution in [0.3, 0.4) is 0 Å². The number of carbonyl (C=O) groups is 1. The van der Waals surface area contributed by atoms with E-state index in [-0.39, 0.29) is 11.3 Å². The number of ether oxygens (including phenoxy) is 1. The summed E-state index contributed by atoms with van der Waals surface area (Å²) in [5, 5.41) is 3.00. The molecule has 0 atom stereocenters. The van der Waals surface area contributed by atoms with Gasteiger partial charge in [0, 0.05) is 19.6 Å². The maximum atomic E-state index is 11.6. The molecular weight excluding hydrogens is 216 g/mol. The van der Waals surface area contributed by atoms with E-state index in [0.717, 1.165) is 19.4 Å². The lowest BCUT2D eigenvalue weighted by Gasteiger charge is -2.36. The molecule has 0 spiro atoms. The second kappa shape index (κ2) is 7.67. The first-order chi connectivity index (χ1) is 8.22. The van der Waals surface area contributed by atoms with E-state index in [1.54, 1.807) is 0 Å². The molecule has 100 valence electrons. The molecule has 0 bridgehead atoms. The molecule has 1 fully saturated rings.